The fraction of sp³-hybridized carbons (Fsp3) is 0.154. The van der Waals surface area contributed by atoms with Crippen LogP contribution in [0.3, 0.4) is 0 Å². The third-order valence-electron chi connectivity index (χ3n) is 2.33. The predicted molar refractivity (Wildman–Crippen MR) is 68.3 cm³/mol. The minimum absolute atomic E-state index is 0.0326. The zero-order valence-electron chi connectivity index (χ0n) is 10.5. The van der Waals surface area contributed by atoms with E-state index in [0.29, 0.717) is 5.56 Å². The number of carboxylic acids is 2. The molecule has 112 valence electrons. The predicted octanol–water partition coefficient (Wildman–Crippen LogP) is -0.153. The van der Waals surface area contributed by atoms with Crippen LogP contribution in [0.2, 0.25) is 0 Å². The molecule has 4 N–H and O–H groups in total. The molecule has 1 aromatic rings. The third-order valence-corrected chi connectivity index (χ3v) is 2.33. The van der Waals surface area contributed by atoms with E-state index in [2.05, 4.69) is 4.74 Å². The van der Waals surface area contributed by atoms with Crippen LogP contribution >= 0.6 is 0 Å². The number of aliphatic hydroxyl groups is 1. The first kappa shape index (κ1) is 16.2. The molecule has 0 amide bonds. The molecule has 8 heteroatoms. The van der Waals surface area contributed by atoms with Crippen LogP contribution in [-0.4, -0.2) is 50.5 Å². The van der Waals surface area contributed by atoms with Crippen molar-refractivity contribution in [3.05, 3.63) is 35.9 Å². The minimum atomic E-state index is -2.37. The Hall–Kier alpha value is -2.87. The lowest BCUT2D eigenvalue weighted by molar-refractivity contribution is -0.176. The van der Waals surface area contributed by atoms with E-state index < -0.39 is 30.1 Å². The van der Waals surface area contributed by atoms with E-state index >= 15 is 0 Å². The quantitative estimate of drug-likeness (QED) is 0.419. The number of hydrogen-bond acceptors (Lipinski definition) is 6. The molecule has 21 heavy (non-hydrogen) atoms. The summed E-state index contributed by atoms with van der Waals surface area (Å²) in [4.78, 5) is 32.6. The molecule has 0 fully saturated rings. The molecule has 1 rings (SSSR count). The van der Waals surface area contributed by atoms with Gasteiger partial charge in [-0.2, -0.15) is 0 Å². The summed E-state index contributed by atoms with van der Waals surface area (Å²) in [5, 5.41) is 35.4. The van der Waals surface area contributed by atoms with Gasteiger partial charge in [0.15, 0.2) is 6.10 Å². The van der Waals surface area contributed by atoms with Gasteiger partial charge in [0.2, 0.25) is 6.10 Å². The van der Waals surface area contributed by atoms with Crippen molar-refractivity contribution in [1.82, 2.24) is 0 Å². The second kappa shape index (κ2) is 7.06. The number of carbonyl (C=O) groups is 3. The normalized spacial score (nSPS) is 13.6. The van der Waals surface area contributed by atoms with Crippen LogP contribution in [-0.2, 0) is 19.1 Å². The molecule has 0 bridgehead atoms. The fourth-order valence-electron chi connectivity index (χ4n) is 1.29. The molecule has 1 aromatic carbocycles. The summed E-state index contributed by atoms with van der Waals surface area (Å²) in [6, 6.07) is 5.72. The Balaban J connectivity index is 2.72. The van der Waals surface area contributed by atoms with E-state index in [0.717, 1.165) is 6.08 Å². The number of aliphatic carboxylic acids is 2. The van der Waals surface area contributed by atoms with Gasteiger partial charge < -0.3 is 25.2 Å². The van der Waals surface area contributed by atoms with E-state index in [1.54, 1.807) is 0 Å². The van der Waals surface area contributed by atoms with Crippen molar-refractivity contribution in [3.63, 3.8) is 0 Å². The molecular formula is C13H12O8. The number of carbonyl (C=O) groups excluding carboxylic acids is 1. The molecule has 0 aliphatic carbocycles. The van der Waals surface area contributed by atoms with Crippen LogP contribution in [0.1, 0.15) is 5.56 Å². The Morgan fingerprint density at radius 1 is 1.05 bits per heavy atom. The number of phenols is 1. The molecule has 8 nitrogen and oxygen atoms in total. The molecule has 0 saturated heterocycles. The number of benzene rings is 1. The second-order valence-electron chi connectivity index (χ2n) is 3.90. The number of ether oxygens (including phenoxy) is 1. The second-order valence-corrected chi connectivity index (χ2v) is 3.90. The summed E-state index contributed by atoms with van der Waals surface area (Å²) in [6.07, 6.45) is -2.43. The molecular weight excluding hydrogens is 284 g/mol. The van der Waals surface area contributed by atoms with Crippen LogP contribution in [0, 0.1) is 0 Å². The number of hydrogen-bond donors (Lipinski definition) is 4. The zero-order chi connectivity index (χ0) is 16.0. The molecule has 0 aliphatic heterocycles. The summed E-state index contributed by atoms with van der Waals surface area (Å²) in [7, 11) is 0. The highest BCUT2D eigenvalue weighted by molar-refractivity contribution is 5.91. The molecule has 0 radical (unpaired) electrons. The maximum absolute atomic E-state index is 11.4. The van der Waals surface area contributed by atoms with E-state index in [4.69, 9.17) is 20.4 Å². The lowest BCUT2D eigenvalue weighted by atomic mass is 10.2. The lowest BCUT2D eigenvalue weighted by Crippen LogP contribution is -2.42. The number of aromatic hydroxyl groups is 1. The van der Waals surface area contributed by atoms with Gasteiger partial charge in [0.1, 0.15) is 5.75 Å². The van der Waals surface area contributed by atoms with Gasteiger partial charge in [-0.05, 0) is 23.8 Å². The Morgan fingerprint density at radius 2 is 1.62 bits per heavy atom. The Labute approximate surface area is 118 Å². The van der Waals surface area contributed by atoms with Gasteiger partial charge in [0, 0.05) is 6.08 Å². The highest BCUT2D eigenvalue weighted by atomic mass is 16.6. The first-order valence-electron chi connectivity index (χ1n) is 5.62. The van der Waals surface area contributed by atoms with Crippen molar-refractivity contribution in [2.75, 3.05) is 0 Å². The summed E-state index contributed by atoms with van der Waals surface area (Å²) < 4.78 is 4.37. The lowest BCUT2D eigenvalue weighted by Gasteiger charge is -2.15. The Bertz CT molecular complexity index is 560. The van der Waals surface area contributed by atoms with Crippen molar-refractivity contribution in [1.29, 1.82) is 0 Å². The van der Waals surface area contributed by atoms with Crippen molar-refractivity contribution in [2.24, 2.45) is 0 Å². The van der Waals surface area contributed by atoms with Crippen LogP contribution in [0.4, 0.5) is 0 Å². The molecule has 0 unspecified atom stereocenters. The van der Waals surface area contributed by atoms with Crippen LogP contribution in [0.15, 0.2) is 30.3 Å². The van der Waals surface area contributed by atoms with E-state index in [1.165, 1.54) is 30.3 Å². The molecule has 2 atom stereocenters. The average Bonchev–Trinajstić information content (AvgIpc) is 2.43. The zero-order valence-corrected chi connectivity index (χ0v) is 10.5. The highest BCUT2D eigenvalue weighted by Gasteiger charge is 2.35. The van der Waals surface area contributed by atoms with Crippen molar-refractivity contribution in [3.8, 4) is 5.75 Å². The molecule has 0 aromatic heterocycles. The van der Waals surface area contributed by atoms with Gasteiger partial charge in [-0.1, -0.05) is 12.1 Å². The molecule has 0 aliphatic rings. The van der Waals surface area contributed by atoms with Crippen LogP contribution in [0.25, 0.3) is 6.08 Å². The van der Waals surface area contributed by atoms with Gasteiger partial charge in [0.05, 0.1) is 0 Å². The molecule has 0 spiro atoms. The number of rotatable bonds is 6. The SMILES string of the molecule is O=C(/C=C\c1ccc(O)cc1)O[C@@H](C(=O)O)[C@H](O)C(=O)O. The maximum Gasteiger partial charge on any atom is 0.348 e. The van der Waals surface area contributed by atoms with E-state index in [1.807, 2.05) is 0 Å². The van der Waals surface area contributed by atoms with Gasteiger partial charge in [0.25, 0.3) is 0 Å². The summed E-state index contributed by atoms with van der Waals surface area (Å²) in [6.45, 7) is 0. The van der Waals surface area contributed by atoms with Gasteiger partial charge in [-0.15, -0.1) is 0 Å². The van der Waals surface area contributed by atoms with Gasteiger partial charge >= 0.3 is 17.9 Å². The van der Waals surface area contributed by atoms with Gasteiger partial charge in [-0.3, -0.25) is 0 Å². The number of esters is 1. The van der Waals surface area contributed by atoms with Crippen molar-refractivity contribution in [2.45, 2.75) is 12.2 Å². The topological polar surface area (TPSA) is 141 Å². The maximum atomic E-state index is 11.4. The Kier molecular flexibility index (Phi) is 5.44. The number of aliphatic hydroxyl groups excluding tert-OH is 1. The standard InChI is InChI=1S/C13H12O8/c14-8-4-1-7(2-5-8)3-6-9(15)21-11(13(19)20)10(16)12(17)18/h1-6,10-11,14,16H,(H,17,18)(H,19,20)/b6-3-/t10-,11+/m0/s1. The van der Waals surface area contributed by atoms with Gasteiger partial charge in [-0.25, -0.2) is 14.4 Å². The smallest absolute Gasteiger partial charge is 0.348 e. The Morgan fingerprint density at radius 3 is 2.10 bits per heavy atom. The fourth-order valence-corrected chi connectivity index (χ4v) is 1.29. The molecule has 0 saturated carbocycles. The summed E-state index contributed by atoms with van der Waals surface area (Å²) in [5.41, 5.74) is 0.524. The van der Waals surface area contributed by atoms with E-state index in [-0.39, 0.29) is 5.75 Å². The number of phenolic OH excluding ortho intramolecular Hbond substituents is 1. The van der Waals surface area contributed by atoms with Crippen LogP contribution in [0.5, 0.6) is 5.75 Å². The highest BCUT2D eigenvalue weighted by Crippen LogP contribution is 2.11. The number of carboxylic acid groups (broad SMARTS) is 2. The third kappa shape index (κ3) is 4.96. The van der Waals surface area contributed by atoms with Crippen LogP contribution < -0.4 is 0 Å². The molecule has 0 heterocycles. The average molecular weight is 296 g/mol. The van der Waals surface area contributed by atoms with Crippen molar-refractivity contribution < 1.29 is 39.5 Å². The summed E-state index contributed by atoms with van der Waals surface area (Å²) >= 11 is 0. The largest absolute Gasteiger partial charge is 0.508 e. The van der Waals surface area contributed by atoms with Crippen molar-refractivity contribution >= 4 is 24.0 Å². The first-order valence-corrected chi connectivity index (χ1v) is 5.62. The van der Waals surface area contributed by atoms with E-state index in [9.17, 15) is 14.4 Å². The first-order chi connectivity index (χ1) is 9.81. The minimum Gasteiger partial charge on any atom is -0.508 e. The monoisotopic (exact) mass is 296 g/mol. The summed E-state index contributed by atoms with van der Waals surface area (Å²) in [5.74, 6) is -4.70.